The van der Waals surface area contributed by atoms with E-state index in [4.69, 9.17) is 4.74 Å². The zero-order chi connectivity index (χ0) is 19.5. The van der Waals surface area contributed by atoms with Crippen LogP contribution in [0.25, 0.3) is 21.6 Å². The van der Waals surface area contributed by atoms with Crippen molar-refractivity contribution in [3.05, 3.63) is 48.0 Å². The maximum absolute atomic E-state index is 12.2. The van der Waals surface area contributed by atoms with Crippen LogP contribution in [-0.4, -0.2) is 38.9 Å². The van der Waals surface area contributed by atoms with Gasteiger partial charge in [0.15, 0.2) is 11.0 Å². The maximum atomic E-state index is 12.2. The highest BCUT2D eigenvalue weighted by Gasteiger charge is 2.11. The highest BCUT2D eigenvalue weighted by molar-refractivity contribution is 7.99. The third kappa shape index (κ3) is 4.15. The number of methoxy groups -OCH3 is 1. The molecule has 0 aliphatic carbocycles. The molecule has 4 rings (SSSR count). The standard InChI is InChI=1S/C19H17N5O2S2/c1-11-3-8-14-15(9-11)28-18(20-14)21-16(25)10-27-19-22-17(23-24-19)12-4-6-13(26-2)7-5-12/h3-9H,10H2,1-2H3,(H,20,21,25)(H,22,23,24). The molecule has 0 saturated carbocycles. The number of thiazole rings is 1. The zero-order valence-electron chi connectivity index (χ0n) is 15.2. The molecule has 0 unspecified atom stereocenters. The summed E-state index contributed by atoms with van der Waals surface area (Å²) in [7, 11) is 1.62. The Kier molecular flexibility index (Phi) is 5.27. The molecule has 0 spiro atoms. The van der Waals surface area contributed by atoms with E-state index in [1.807, 2.05) is 43.3 Å². The zero-order valence-corrected chi connectivity index (χ0v) is 16.9. The predicted molar refractivity (Wildman–Crippen MR) is 112 cm³/mol. The summed E-state index contributed by atoms with van der Waals surface area (Å²) in [6.07, 6.45) is 0. The minimum Gasteiger partial charge on any atom is -0.497 e. The Bertz CT molecular complexity index is 1120. The van der Waals surface area contributed by atoms with Gasteiger partial charge in [-0.3, -0.25) is 9.89 Å². The number of amides is 1. The van der Waals surface area contributed by atoms with Crippen LogP contribution in [-0.2, 0) is 4.79 Å². The lowest BCUT2D eigenvalue weighted by Crippen LogP contribution is -2.13. The van der Waals surface area contributed by atoms with Crippen molar-refractivity contribution < 1.29 is 9.53 Å². The Labute approximate surface area is 169 Å². The second kappa shape index (κ2) is 7.99. The second-order valence-electron chi connectivity index (χ2n) is 6.02. The van der Waals surface area contributed by atoms with Crippen LogP contribution in [0.2, 0.25) is 0 Å². The van der Waals surface area contributed by atoms with Gasteiger partial charge in [0.05, 0.1) is 23.1 Å². The van der Waals surface area contributed by atoms with E-state index in [0.717, 1.165) is 21.5 Å². The van der Waals surface area contributed by atoms with E-state index >= 15 is 0 Å². The first-order valence-corrected chi connectivity index (χ1v) is 10.3. The molecule has 0 saturated heterocycles. The van der Waals surface area contributed by atoms with E-state index in [0.29, 0.717) is 16.1 Å². The average Bonchev–Trinajstić information content (AvgIpc) is 3.32. The number of aromatic nitrogens is 4. The number of nitrogens with one attached hydrogen (secondary N) is 2. The number of benzene rings is 2. The van der Waals surface area contributed by atoms with Crippen LogP contribution < -0.4 is 10.1 Å². The number of carbonyl (C=O) groups excluding carboxylic acids is 1. The van der Waals surface area contributed by atoms with Crippen LogP contribution in [0.15, 0.2) is 47.6 Å². The number of hydrogen-bond acceptors (Lipinski definition) is 7. The molecule has 0 aliphatic rings. The molecule has 1 amide bonds. The molecule has 0 atom stereocenters. The minimum absolute atomic E-state index is 0.142. The summed E-state index contributed by atoms with van der Waals surface area (Å²) in [6.45, 7) is 2.03. The molecule has 9 heteroatoms. The molecular weight excluding hydrogens is 394 g/mol. The van der Waals surface area contributed by atoms with Gasteiger partial charge in [-0.1, -0.05) is 29.2 Å². The molecule has 2 heterocycles. The van der Waals surface area contributed by atoms with Crippen LogP contribution in [0.1, 0.15) is 5.56 Å². The van der Waals surface area contributed by atoms with Gasteiger partial charge in [0.2, 0.25) is 11.1 Å². The van der Waals surface area contributed by atoms with E-state index < -0.39 is 0 Å². The van der Waals surface area contributed by atoms with Crippen molar-refractivity contribution in [1.82, 2.24) is 20.2 Å². The predicted octanol–water partition coefficient (Wildman–Crippen LogP) is 4.13. The fraction of sp³-hybridized carbons (Fsp3) is 0.158. The lowest BCUT2D eigenvalue weighted by molar-refractivity contribution is -0.113. The van der Waals surface area contributed by atoms with E-state index in [2.05, 4.69) is 31.5 Å². The lowest BCUT2D eigenvalue weighted by Gasteiger charge is -2.00. The molecule has 2 N–H and O–H groups in total. The van der Waals surface area contributed by atoms with Crippen molar-refractivity contribution in [2.75, 3.05) is 18.2 Å². The van der Waals surface area contributed by atoms with E-state index in [1.54, 1.807) is 7.11 Å². The van der Waals surface area contributed by atoms with Crippen molar-refractivity contribution in [3.8, 4) is 17.1 Å². The van der Waals surface area contributed by atoms with Crippen molar-refractivity contribution in [2.45, 2.75) is 12.1 Å². The summed E-state index contributed by atoms with van der Waals surface area (Å²) in [6, 6.07) is 13.5. The van der Waals surface area contributed by atoms with Gasteiger partial charge in [-0.25, -0.2) is 9.97 Å². The number of aromatic amines is 1. The van der Waals surface area contributed by atoms with E-state index in [-0.39, 0.29) is 11.7 Å². The van der Waals surface area contributed by atoms with Gasteiger partial charge in [-0.2, -0.15) is 0 Å². The number of fused-ring (bicyclic) bond motifs is 1. The van der Waals surface area contributed by atoms with E-state index in [1.165, 1.54) is 28.7 Å². The Morgan fingerprint density at radius 2 is 2.04 bits per heavy atom. The largest absolute Gasteiger partial charge is 0.497 e. The monoisotopic (exact) mass is 411 g/mol. The van der Waals surface area contributed by atoms with Gasteiger partial charge in [0.1, 0.15) is 5.75 Å². The van der Waals surface area contributed by atoms with Crippen molar-refractivity contribution in [2.24, 2.45) is 0 Å². The Hall–Kier alpha value is -2.91. The highest BCUT2D eigenvalue weighted by Crippen LogP contribution is 2.27. The molecule has 0 radical (unpaired) electrons. The molecule has 28 heavy (non-hydrogen) atoms. The Morgan fingerprint density at radius 1 is 1.21 bits per heavy atom. The quantitative estimate of drug-likeness (QED) is 0.464. The minimum atomic E-state index is -0.142. The van der Waals surface area contributed by atoms with Gasteiger partial charge < -0.3 is 10.1 Å². The first-order chi connectivity index (χ1) is 13.6. The molecule has 0 aliphatic heterocycles. The number of thioether (sulfide) groups is 1. The first-order valence-electron chi connectivity index (χ1n) is 8.47. The summed E-state index contributed by atoms with van der Waals surface area (Å²) in [5.74, 6) is 1.48. The topological polar surface area (TPSA) is 92.8 Å². The van der Waals surface area contributed by atoms with Gasteiger partial charge in [-0.15, -0.1) is 5.10 Å². The molecule has 2 aromatic carbocycles. The molecule has 0 fully saturated rings. The molecule has 4 aromatic rings. The SMILES string of the molecule is COc1ccc(-c2nc(SCC(=O)Nc3nc4ccc(C)cc4s3)n[nH]2)cc1. The smallest absolute Gasteiger partial charge is 0.236 e. The molecule has 2 aromatic heterocycles. The number of anilines is 1. The molecular formula is C19H17N5O2S2. The number of hydrogen-bond donors (Lipinski definition) is 2. The van der Waals surface area contributed by atoms with Crippen LogP contribution in [0.3, 0.4) is 0 Å². The van der Waals surface area contributed by atoms with Crippen molar-refractivity contribution >= 4 is 44.4 Å². The summed E-state index contributed by atoms with van der Waals surface area (Å²) >= 11 is 2.73. The van der Waals surface area contributed by atoms with Gasteiger partial charge in [-0.05, 0) is 48.9 Å². The summed E-state index contributed by atoms with van der Waals surface area (Å²) in [4.78, 5) is 21.1. The maximum Gasteiger partial charge on any atom is 0.236 e. The second-order valence-corrected chi connectivity index (χ2v) is 8.00. The number of nitrogens with zero attached hydrogens (tertiary/aromatic N) is 3. The number of carbonyl (C=O) groups is 1. The number of ether oxygens (including phenoxy) is 1. The van der Waals surface area contributed by atoms with Crippen molar-refractivity contribution in [1.29, 1.82) is 0 Å². The lowest BCUT2D eigenvalue weighted by atomic mass is 10.2. The highest BCUT2D eigenvalue weighted by atomic mass is 32.2. The third-order valence-corrected chi connectivity index (χ3v) is 5.73. The number of rotatable bonds is 6. The number of H-pyrrole nitrogens is 1. The fourth-order valence-corrected chi connectivity index (χ4v) is 4.14. The van der Waals surface area contributed by atoms with Crippen molar-refractivity contribution in [3.63, 3.8) is 0 Å². The van der Waals surface area contributed by atoms with Crippen LogP contribution in [0, 0.1) is 6.92 Å². The van der Waals surface area contributed by atoms with Gasteiger partial charge in [0.25, 0.3) is 0 Å². The van der Waals surface area contributed by atoms with E-state index in [9.17, 15) is 4.79 Å². The summed E-state index contributed by atoms with van der Waals surface area (Å²) in [5, 5.41) is 11.0. The molecule has 0 bridgehead atoms. The average molecular weight is 412 g/mol. The van der Waals surface area contributed by atoms with Crippen LogP contribution >= 0.6 is 23.1 Å². The molecule has 7 nitrogen and oxygen atoms in total. The van der Waals surface area contributed by atoms with Crippen LogP contribution in [0.4, 0.5) is 5.13 Å². The summed E-state index contributed by atoms with van der Waals surface area (Å²) in [5.41, 5.74) is 2.95. The molecule has 142 valence electrons. The fourth-order valence-electron chi connectivity index (χ4n) is 2.56. The normalized spacial score (nSPS) is 10.9. The number of aryl methyl sites for hydroxylation is 1. The Morgan fingerprint density at radius 3 is 2.82 bits per heavy atom. The summed E-state index contributed by atoms with van der Waals surface area (Å²) < 4.78 is 6.21. The Balaban J connectivity index is 1.36. The third-order valence-electron chi connectivity index (χ3n) is 3.95. The van der Waals surface area contributed by atoms with Crippen LogP contribution in [0.5, 0.6) is 5.75 Å². The first kappa shape index (κ1) is 18.5. The van der Waals surface area contributed by atoms with Gasteiger partial charge in [0, 0.05) is 5.56 Å². The van der Waals surface area contributed by atoms with Gasteiger partial charge >= 0.3 is 0 Å².